The van der Waals surface area contributed by atoms with E-state index in [1.54, 1.807) is 18.2 Å². The van der Waals surface area contributed by atoms with Crippen LogP contribution in [0.4, 0.5) is 8.78 Å². The first-order valence-electron chi connectivity index (χ1n) is 4.91. The Morgan fingerprint density at radius 1 is 1.31 bits per heavy atom. The minimum Gasteiger partial charge on any atom is -0.358 e. The fourth-order valence-corrected chi connectivity index (χ4v) is 1.21. The Balaban J connectivity index is 2.49. The lowest BCUT2D eigenvalue weighted by atomic mass is 10.1. The number of benzene rings is 1. The molecule has 0 fully saturated rings. The lowest BCUT2D eigenvalue weighted by molar-refractivity contribution is -0.120. The maximum Gasteiger partial charge on any atom is 0.285 e. The average molecular weight is 228 g/mol. The largest absolute Gasteiger partial charge is 0.358 e. The van der Waals surface area contributed by atoms with E-state index in [1.807, 2.05) is 0 Å². The highest BCUT2D eigenvalue weighted by Gasteiger charge is 2.30. The predicted octanol–water partition coefficient (Wildman–Crippen LogP) is 1.11. The SMILES string of the molecule is CNC(=O)CNCC(F)(F)c1ccccc1. The maximum absolute atomic E-state index is 13.5. The molecular formula is C11H14F2N2O. The molecule has 3 nitrogen and oxygen atoms in total. The minimum absolute atomic E-state index is 0.0561. The van der Waals surface area contributed by atoms with Crippen molar-refractivity contribution in [1.82, 2.24) is 10.6 Å². The van der Waals surface area contributed by atoms with Crippen LogP contribution in [0.25, 0.3) is 0 Å². The van der Waals surface area contributed by atoms with Crippen LogP contribution in [0.1, 0.15) is 5.56 Å². The van der Waals surface area contributed by atoms with Gasteiger partial charge in [0.1, 0.15) is 0 Å². The smallest absolute Gasteiger partial charge is 0.285 e. The van der Waals surface area contributed by atoms with Crippen LogP contribution in [-0.4, -0.2) is 26.0 Å². The molecule has 0 unspecified atom stereocenters. The predicted molar refractivity (Wildman–Crippen MR) is 57.3 cm³/mol. The van der Waals surface area contributed by atoms with Gasteiger partial charge in [0.05, 0.1) is 13.1 Å². The second-order valence-electron chi connectivity index (χ2n) is 3.35. The van der Waals surface area contributed by atoms with E-state index < -0.39 is 12.5 Å². The molecular weight excluding hydrogens is 214 g/mol. The van der Waals surface area contributed by atoms with Crippen molar-refractivity contribution in [2.75, 3.05) is 20.1 Å². The second kappa shape index (κ2) is 5.55. The summed E-state index contributed by atoms with van der Waals surface area (Å²) in [4.78, 5) is 10.8. The summed E-state index contributed by atoms with van der Waals surface area (Å²) in [6.45, 7) is -0.663. The van der Waals surface area contributed by atoms with E-state index in [-0.39, 0.29) is 18.0 Å². The third kappa shape index (κ3) is 3.58. The summed E-state index contributed by atoms with van der Waals surface area (Å²) in [6.07, 6.45) is 0. The summed E-state index contributed by atoms with van der Waals surface area (Å²) >= 11 is 0. The van der Waals surface area contributed by atoms with Crippen molar-refractivity contribution in [3.8, 4) is 0 Å². The van der Waals surface area contributed by atoms with Crippen molar-refractivity contribution in [2.45, 2.75) is 5.92 Å². The number of amides is 1. The van der Waals surface area contributed by atoms with Crippen molar-refractivity contribution in [2.24, 2.45) is 0 Å². The van der Waals surface area contributed by atoms with Gasteiger partial charge in [0.2, 0.25) is 5.91 Å². The summed E-state index contributed by atoms with van der Waals surface area (Å²) in [5.41, 5.74) is -0.0561. The van der Waals surface area contributed by atoms with Gasteiger partial charge in [0, 0.05) is 12.6 Å². The number of nitrogens with one attached hydrogen (secondary N) is 2. The van der Waals surface area contributed by atoms with Crippen molar-refractivity contribution in [3.05, 3.63) is 35.9 Å². The van der Waals surface area contributed by atoms with Gasteiger partial charge in [0.15, 0.2) is 0 Å². The number of hydrogen-bond acceptors (Lipinski definition) is 2. The summed E-state index contributed by atoms with van der Waals surface area (Å²) in [6, 6.07) is 7.52. The van der Waals surface area contributed by atoms with Crippen LogP contribution in [0.3, 0.4) is 0 Å². The third-order valence-electron chi connectivity index (χ3n) is 2.11. The van der Waals surface area contributed by atoms with E-state index in [2.05, 4.69) is 10.6 Å². The third-order valence-corrected chi connectivity index (χ3v) is 2.11. The number of alkyl halides is 2. The Bertz CT molecular complexity index is 341. The molecule has 1 aromatic rings. The summed E-state index contributed by atoms with van der Waals surface area (Å²) in [5, 5.41) is 4.76. The molecule has 0 aliphatic rings. The second-order valence-corrected chi connectivity index (χ2v) is 3.35. The lowest BCUT2D eigenvalue weighted by Gasteiger charge is -2.17. The molecule has 1 amide bonds. The van der Waals surface area contributed by atoms with Crippen LogP contribution in [0, 0.1) is 0 Å². The van der Waals surface area contributed by atoms with Gasteiger partial charge in [-0.2, -0.15) is 8.78 Å². The highest BCUT2D eigenvalue weighted by atomic mass is 19.3. The molecule has 0 aliphatic heterocycles. The molecule has 0 spiro atoms. The van der Waals surface area contributed by atoms with Crippen LogP contribution in [0.15, 0.2) is 30.3 Å². The molecule has 0 saturated heterocycles. The first-order chi connectivity index (χ1) is 7.56. The highest BCUT2D eigenvalue weighted by Crippen LogP contribution is 2.26. The van der Waals surface area contributed by atoms with Crippen LogP contribution < -0.4 is 10.6 Å². The Morgan fingerprint density at radius 2 is 1.94 bits per heavy atom. The van der Waals surface area contributed by atoms with Gasteiger partial charge >= 0.3 is 0 Å². The van der Waals surface area contributed by atoms with Crippen molar-refractivity contribution < 1.29 is 13.6 Å². The monoisotopic (exact) mass is 228 g/mol. The Kier molecular flexibility index (Phi) is 4.37. The van der Waals surface area contributed by atoms with E-state index in [0.29, 0.717) is 0 Å². The van der Waals surface area contributed by atoms with Gasteiger partial charge in [-0.25, -0.2) is 0 Å². The molecule has 5 heteroatoms. The van der Waals surface area contributed by atoms with Gasteiger partial charge < -0.3 is 10.6 Å². The number of rotatable bonds is 5. The molecule has 0 aliphatic carbocycles. The molecule has 0 saturated carbocycles. The highest BCUT2D eigenvalue weighted by molar-refractivity contribution is 5.77. The molecule has 1 aromatic carbocycles. The molecule has 88 valence electrons. The molecule has 0 bridgehead atoms. The standard InChI is InChI=1S/C11H14F2N2O/c1-14-10(16)7-15-8-11(12,13)9-5-3-2-4-6-9/h2-6,15H,7-8H2,1H3,(H,14,16). The van der Waals surface area contributed by atoms with E-state index in [1.165, 1.54) is 19.2 Å². The number of carbonyl (C=O) groups excluding carboxylic acids is 1. The molecule has 0 heterocycles. The van der Waals surface area contributed by atoms with Crippen molar-refractivity contribution >= 4 is 5.91 Å². The number of hydrogen-bond donors (Lipinski definition) is 2. The quantitative estimate of drug-likeness (QED) is 0.792. The number of carbonyl (C=O) groups is 1. The van der Waals surface area contributed by atoms with Gasteiger partial charge in [0.25, 0.3) is 5.92 Å². The van der Waals surface area contributed by atoms with Gasteiger partial charge in [-0.1, -0.05) is 30.3 Å². The fourth-order valence-electron chi connectivity index (χ4n) is 1.21. The van der Waals surface area contributed by atoms with Crippen LogP contribution in [-0.2, 0) is 10.7 Å². The molecule has 1 rings (SSSR count). The Hall–Kier alpha value is -1.49. The molecule has 0 atom stereocenters. The van der Waals surface area contributed by atoms with E-state index in [0.717, 1.165) is 0 Å². The first-order valence-corrected chi connectivity index (χ1v) is 4.91. The van der Waals surface area contributed by atoms with Crippen LogP contribution >= 0.6 is 0 Å². The number of likely N-dealkylation sites (N-methyl/N-ethyl adjacent to an activating group) is 1. The lowest BCUT2D eigenvalue weighted by Crippen LogP contribution is -2.37. The molecule has 0 radical (unpaired) electrons. The fraction of sp³-hybridized carbons (Fsp3) is 0.364. The van der Waals surface area contributed by atoms with Gasteiger partial charge in [-0.15, -0.1) is 0 Å². The summed E-state index contributed by atoms with van der Waals surface area (Å²) in [5.74, 6) is -3.28. The van der Waals surface area contributed by atoms with E-state index >= 15 is 0 Å². The Morgan fingerprint density at radius 3 is 2.50 bits per heavy atom. The zero-order valence-electron chi connectivity index (χ0n) is 8.97. The zero-order chi connectivity index (χ0) is 12.0. The maximum atomic E-state index is 13.5. The normalized spacial score (nSPS) is 11.2. The van der Waals surface area contributed by atoms with Crippen LogP contribution in [0.5, 0.6) is 0 Å². The number of halogens is 2. The molecule has 2 N–H and O–H groups in total. The van der Waals surface area contributed by atoms with Crippen molar-refractivity contribution in [3.63, 3.8) is 0 Å². The first kappa shape index (κ1) is 12.6. The zero-order valence-corrected chi connectivity index (χ0v) is 8.97. The van der Waals surface area contributed by atoms with E-state index in [9.17, 15) is 13.6 Å². The van der Waals surface area contributed by atoms with Crippen LogP contribution in [0.2, 0.25) is 0 Å². The molecule has 16 heavy (non-hydrogen) atoms. The van der Waals surface area contributed by atoms with E-state index in [4.69, 9.17) is 0 Å². The van der Waals surface area contributed by atoms with Gasteiger partial charge in [-0.3, -0.25) is 4.79 Å². The van der Waals surface area contributed by atoms with Crippen molar-refractivity contribution in [1.29, 1.82) is 0 Å². The minimum atomic E-state index is -2.96. The average Bonchev–Trinajstić information content (AvgIpc) is 2.30. The Labute approximate surface area is 92.8 Å². The summed E-state index contributed by atoms with van der Waals surface area (Å²) in [7, 11) is 1.46. The topological polar surface area (TPSA) is 41.1 Å². The summed E-state index contributed by atoms with van der Waals surface area (Å²) < 4.78 is 27.0. The molecule has 0 aromatic heterocycles. The van der Waals surface area contributed by atoms with Gasteiger partial charge in [-0.05, 0) is 0 Å².